The van der Waals surface area contributed by atoms with Gasteiger partial charge in [0.05, 0.1) is 0 Å². The van der Waals surface area contributed by atoms with Crippen LogP contribution in [0.2, 0.25) is 0 Å². The highest BCUT2D eigenvalue weighted by atomic mass is 14.9. The zero-order chi connectivity index (χ0) is 8.48. The summed E-state index contributed by atoms with van der Waals surface area (Å²) in [6, 6.07) is 0. The lowest BCUT2D eigenvalue weighted by molar-refractivity contribution is 0.354. The van der Waals surface area contributed by atoms with E-state index in [1.54, 1.807) is 6.20 Å². The van der Waals surface area contributed by atoms with Crippen molar-refractivity contribution < 1.29 is 0 Å². The van der Waals surface area contributed by atoms with Crippen molar-refractivity contribution in [3.8, 4) is 0 Å². The van der Waals surface area contributed by atoms with Gasteiger partial charge in [0, 0.05) is 17.8 Å². The first kappa shape index (κ1) is 8.31. The van der Waals surface area contributed by atoms with Crippen molar-refractivity contribution >= 4 is 0 Å². The molecule has 1 heterocycles. The van der Waals surface area contributed by atoms with Crippen molar-refractivity contribution in [2.45, 2.75) is 33.1 Å². The van der Waals surface area contributed by atoms with Crippen molar-refractivity contribution in [1.29, 1.82) is 0 Å². The fourth-order valence-corrected chi connectivity index (χ4v) is 0.891. The molecule has 1 N–H and O–H groups in total. The number of aromatic nitrogens is 2. The number of nitrogens with zero attached hydrogens (tertiary/aromatic N) is 1. The first-order chi connectivity index (χ1) is 5.05. The van der Waals surface area contributed by atoms with Gasteiger partial charge in [-0.05, 0) is 5.92 Å². The van der Waals surface area contributed by atoms with Gasteiger partial charge in [0.25, 0.3) is 0 Å². The first-order valence-corrected chi connectivity index (χ1v) is 4.05. The van der Waals surface area contributed by atoms with Crippen LogP contribution < -0.4 is 0 Å². The van der Waals surface area contributed by atoms with Crippen molar-refractivity contribution in [1.82, 2.24) is 9.97 Å². The van der Waals surface area contributed by atoms with Crippen molar-refractivity contribution in [2.75, 3.05) is 0 Å². The summed E-state index contributed by atoms with van der Waals surface area (Å²) in [6.45, 7) is 8.83. The van der Waals surface area contributed by atoms with E-state index in [1.807, 2.05) is 6.20 Å². The number of rotatable bonds is 2. The van der Waals surface area contributed by atoms with E-state index in [1.165, 1.54) is 0 Å². The van der Waals surface area contributed by atoms with E-state index in [-0.39, 0.29) is 5.41 Å². The van der Waals surface area contributed by atoms with Gasteiger partial charge in [-0.15, -0.1) is 0 Å². The Morgan fingerprint density at radius 3 is 2.45 bits per heavy atom. The minimum Gasteiger partial charge on any atom is -0.348 e. The van der Waals surface area contributed by atoms with Gasteiger partial charge in [0.2, 0.25) is 0 Å². The quantitative estimate of drug-likeness (QED) is 0.692. The fraction of sp³-hybridized carbons (Fsp3) is 0.667. The predicted octanol–water partition coefficient (Wildman–Crippen LogP) is 2.34. The zero-order valence-corrected chi connectivity index (χ0v) is 7.68. The summed E-state index contributed by atoms with van der Waals surface area (Å²) in [6.07, 6.45) is 3.68. The van der Waals surface area contributed by atoms with Gasteiger partial charge in [-0.1, -0.05) is 27.7 Å². The molecule has 1 aromatic rings. The summed E-state index contributed by atoms with van der Waals surface area (Å²) in [5, 5.41) is 0. The highest BCUT2D eigenvalue weighted by molar-refractivity contribution is 5.05. The van der Waals surface area contributed by atoms with E-state index >= 15 is 0 Å². The molecule has 0 aliphatic heterocycles. The Balaban J connectivity index is 2.90. The van der Waals surface area contributed by atoms with E-state index in [2.05, 4.69) is 37.7 Å². The van der Waals surface area contributed by atoms with Crippen LogP contribution in [0.15, 0.2) is 12.4 Å². The maximum Gasteiger partial charge on any atom is 0.111 e. The molecule has 0 atom stereocenters. The van der Waals surface area contributed by atoms with Crippen LogP contribution in [0.5, 0.6) is 0 Å². The molecule has 0 amide bonds. The molecular weight excluding hydrogens is 136 g/mol. The molecule has 2 heteroatoms. The molecule has 0 aliphatic carbocycles. The standard InChI is InChI=1S/C9H16N2/c1-7(2)9(3,4)8-10-5-6-11-8/h5-7H,1-4H3,(H,10,11). The molecule has 2 nitrogen and oxygen atoms in total. The maximum atomic E-state index is 4.25. The Hall–Kier alpha value is -0.790. The van der Waals surface area contributed by atoms with Gasteiger partial charge in [-0.25, -0.2) is 4.98 Å². The Morgan fingerprint density at radius 1 is 1.45 bits per heavy atom. The summed E-state index contributed by atoms with van der Waals surface area (Å²) >= 11 is 0. The Labute approximate surface area is 68.0 Å². The molecule has 0 aliphatic rings. The molecule has 1 rings (SSSR count). The number of hydrogen-bond donors (Lipinski definition) is 1. The smallest absolute Gasteiger partial charge is 0.111 e. The van der Waals surface area contributed by atoms with E-state index in [9.17, 15) is 0 Å². The molecule has 0 bridgehead atoms. The molecule has 0 spiro atoms. The Bertz CT molecular complexity index is 209. The normalized spacial score (nSPS) is 12.5. The molecule has 0 saturated heterocycles. The lowest BCUT2D eigenvalue weighted by atomic mass is 9.80. The van der Waals surface area contributed by atoms with Crippen molar-refractivity contribution in [3.63, 3.8) is 0 Å². The fourth-order valence-electron chi connectivity index (χ4n) is 0.891. The second-order valence-electron chi connectivity index (χ2n) is 3.81. The average Bonchev–Trinajstić information content (AvgIpc) is 2.37. The van der Waals surface area contributed by atoms with Gasteiger partial charge < -0.3 is 4.98 Å². The number of hydrogen-bond acceptors (Lipinski definition) is 1. The number of nitrogens with one attached hydrogen (secondary N) is 1. The van der Waals surface area contributed by atoms with Crippen molar-refractivity contribution in [3.05, 3.63) is 18.2 Å². The minimum absolute atomic E-state index is 0.156. The predicted molar refractivity (Wildman–Crippen MR) is 46.5 cm³/mol. The highest BCUT2D eigenvalue weighted by Crippen LogP contribution is 2.27. The van der Waals surface area contributed by atoms with Crippen molar-refractivity contribution in [2.24, 2.45) is 5.92 Å². The monoisotopic (exact) mass is 152 g/mol. The van der Waals surface area contributed by atoms with E-state index in [0.717, 1.165) is 5.82 Å². The number of aromatic amines is 1. The van der Waals surface area contributed by atoms with Gasteiger partial charge >= 0.3 is 0 Å². The van der Waals surface area contributed by atoms with Crippen LogP contribution in [0.4, 0.5) is 0 Å². The molecule has 1 aromatic heterocycles. The Kier molecular flexibility index (Phi) is 2.03. The third-order valence-corrected chi connectivity index (χ3v) is 2.55. The molecule has 62 valence electrons. The molecule has 0 radical (unpaired) electrons. The molecular formula is C9H16N2. The molecule has 0 aromatic carbocycles. The molecule has 11 heavy (non-hydrogen) atoms. The van der Waals surface area contributed by atoms with Gasteiger partial charge in [0.1, 0.15) is 5.82 Å². The number of H-pyrrole nitrogens is 1. The lowest BCUT2D eigenvalue weighted by Gasteiger charge is -2.26. The summed E-state index contributed by atoms with van der Waals surface area (Å²) in [4.78, 5) is 7.40. The Morgan fingerprint density at radius 2 is 2.09 bits per heavy atom. The first-order valence-electron chi connectivity index (χ1n) is 4.05. The van der Waals surface area contributed by atoms with Gasteiger partial charge in [-0.2, -0.15) is 0 Å². The zero-order valence-electron chi connectivity index (χ0n) is 7.68. The van der Waals surface area contributed by atoms with Crippen LogP contribution in [-0.2, 0) is 5.41 Å². The summed E-state index contributed by atoms with van der Waals surface area (Å²) in [5.74, 6) is 1.68. The van der Waals surface area contributed by atoms with E-state index < -0.39 is 0 Å². The second-order valence-corrected chi connectivity index (χ2v) is 3.81. The van der Waals surface area contributed by atoms with Crippen LogP contribution >= 0.6 is 0 Å². The van der Waals surface area contributed by atoms with Crippen LogP contribution in [0, 0.1) is 5.92 Å². The second kappa shape index (κ2) is 2.68. The molecule has 0 saturated carbocycles. The maximum absolute atomic E-state index is 4.25. The van der Waals surface area contributed by atoms with Gasteiger partial charge in [-0.3, -0.25) is 0 Å². The van der Waals surface area contributed by atoms with Crippen LogP contribution in [-0.4, -0.2) is 9.97 Å². The number of imidazole rings is 1. The van der Waals surface area contributed by atoms with Crippen LogP contribution in [0.3, 0.4) is 0 Å². The molecule has 0 fully saturated rings. The van der Waals surface area contributed by atoms with E-state index in [4.69, 9.17) is 0 Å². The van der Waals surface area contributed by atoms with Crippen LogP contribution in [0.1, 0.15) is 33.5 Å². The SMILES string of the molecule is CC(C)C(C)(C)c1ncc[nH]1. The summed E-state index contributed by atoms with van der Waals surface area (Å²) in [7, 11) is 0. The third kappa shape index (κ3) is 1.44. The van der Waals surface area contributed by atoms with Crippen LogP contribution in [0.25, 0.3) is 0 Å². The lowest BCUT2D eigenvalue weighted by Crippen LogP contribution is -2.25. The van der Waals surface area contributed by atoms with E-state index in [0.29, 0.717) is 5.92 Å². The van der Waals surface area contributed by atoms with Gasteiger partial charge in [0.15, 0.2) is 0 Å². The summed E-state index contributed by atoms with van der Waals surface area (Å²) < 4.78 is 0. The third-order valence-electron chi connectivity index (χ3n) is 2.55. The molecule has 0 unspecified atom stereocenters. The highest BCUT2D eigenvalue weighted by Gasteiger charge is 2.26. The summed E-state index contributed by atoms with van der Waals surface area (Å²) in [5.41, 5.74) is 0.156. The minimum atomic E-state index is 0.156. The largest absolute Gasteiger partial charge is 0.348 e. The topological polar surface area (TPSA) is 28.7 Å². The average molecular weight is 152 g/mol.